The van der Waals surface area contributed by atoms with E-state index < -0.39 is 5.97 Å². The Morgan fingerprint density at radius 2 is 2.30 bits per heavy atom. The SMILES string of the molecule is COc1cnc(N2CCCC(CNCC(=O)O)C2)nc1. The maximum atomic E-state index is 10.5. The van der Waals surface area contributed by atoms with Gasteiger partial charge in [-0.05, 0) is 18.8 Å². The average Bonchev–Trinajstić information content (AvgIpc) is 2.47. The standard InChI is InChI=1S/C13H20N4O3/c1-20-11-6-15-13(16-7-11)17-4-2-3-10(9-17)5-14-8-12(18)19/h6-7,10,14H,2-5,8-9H2,1H3,(H,18,19). The van der Waals surface area contributed by atoms with Gasteiger partial charge in [-0.25, -0.2) is 9.97 Å². The van der Waals surface area contributed by atoms with Crippen LogP contribution in [0.4, 0.5) is 5.95 Å². The monoisotopic (exact) mass is 280 g/mol. The van der Waals surface area contributed by atoms with Crippen molar-refractivity contribution in [3.63, 3.8) is 0 Å². The normalized spacial score (nSPS) is 18.9. The minimum absolute atomic E-state index is 0.00946. The second-order valence-electron chi connectivity index (χ2n) is 4.90. The molecule has 1 unspecified atom stereocenters. The van der Waals surface area contributed by atoms with Crippen molar-refractivity contribution < 1.29 is 14.6 Å². The molecule has 2 rings (SSSR count). The Labute approximate surface area is 118 Å². The summed E-state index contributed by atoms with van der Waals surface area (Å²) < 4.78 is 5.04. The van der Waals surface area contributed by atoms with Crippen LogP contribution < -0.4 is 15.0 Å². The summed E-state index contributed by atoms with van der Waals surface area (Å²) in [6.45, 7) is 2.50. The molecule has 0 spiro atoms. The van der Waals surface area contributed by atoms with E-state index in [1.807, 2.05) is 0 Å². The predicted molar refractivity (Wildman–Crippen MR) is 74.0 cm³/mol. The molecule has 1 saturated heterocycles. The van der Waals surface area contributed by atoms with Crippen molar-refractivity contribution in [2.24, 2.45) is 5.92 Å². The van der Waals surface area contributed by atoms with Gasteiger partial charge in [-0.15, -0.1) is 0 Å². The minimum atomic E-state index is -0.823. The van der Waals surface area contributed by atoms with Crippen LogP contribution in [0, 0.1) is 5.92 Å². The number of hydrogen-bond donors (Lipinski definition) is 2. The number of nitrogens with zero attached hydrogens (tertiary/aromatic N) is 3. The van der Waals surface area contributed by atoms with Crippen LogP contribution in [0.3, 0.4) is 0 Å². The molecular formula is C13H20N4O3. The van der Waals surface area contributed by atoms with E-state index in [-0.39, 0.29) is 6.54 Å². The van der Waals surface area contributed by atoms with Gasteiger partial charge in [0.2, 0.25) is 5.95 Å². The number of aliphatic carboxylic acids is 1. The average molecular weight is 280 g/mol. The molecule has 1 atom stereocenters. The Bertz CT molecular complexity index is 438. The van der Waals surface area contributed by atoms with Gasteiger partial charge >= 0.3 is 5.97 Å². The quantitative estimate of drug-likeness (QED) is 0.778. The number of methoxy groups -OCH3 is 1. The number of ether oxygens (including phenoxy) is 1. The lowest BCUT2D eigenvalue weighted by Crippen LogP contribution is -2.41. The Kier molecular flexibility index (Phi) is 5.11. The predicted octanol–water partition coefficient (Wildman–Crippen LogP) is 0.376. The second-order valence-corrected chi connectivity index (χ2v) is 4.90. The van der Waals surface area contributed by atoms with Crippen LogP contribution in [-0.4, -0.2) is 54.3 Å². The van der Waals surface area contributed by atoms with Crippen LogP contribution in [-0.2, 0) is 4.79 Å². The molecule has 2 heterocycles. The molecule has 0 bridgehead atoms. The van der Waals surface area contributed by atoms with E-state index in [9.17, 15) is 4.79 Å². The summed E-state index contributed by atoms with van der Waals surface area (Å²) in [5.41, 5.74) is 0. The number of nitrogens with one attached hydrogen (secondary N) is 1. The van der Waals surface area contributed by atoms with Crippen LogP contribution in [0.25, 0.3) is 0 Å². The number of carboxylic acids is 1. The van der Waals surface area contributed by atoms with Gasteiger partial charge in [-0.2, -0.15) is 0 Å². The van der Waals surface area contributed by atoms with Crippen LogP contribution >= 0.6 is 0 Å². The molecule has 1 aliphatic heterocycles. The van der Waals surface area contributed by atoms with E-state index in [1.165, 1.54) is 0 Å². The van der Waals surface area contributed by atoms with Gasteiger partial charge in [0.15, 0.2) is 5.75 Å². The summed E-state index contributed by atoms with van der Waals surface area (Å²) in [5.74, 6) is 0.948. The van der Waals surface area contributed by atoms with Crippen molar-refractivity contribution in [3.05, 3.63) is 12.4 Å². The zero-order valence-corrected chi connectivity index (χ0v) is 11.6. The highest BCUT2D eigenvalue weighted by molar-refractivity contribution is 5.68. The first kappa shape index (κ1) is 14.5. The van der Waals surface area contributed by atoms with Crippen molar-refractivity contribution in [2.45, 2.75) is 12.8 Å². The van der Waals surface area contributed by atoms with Crippen molar-refractivity contribution >= 4 is 11.9 Å². The number of aromatic nitrogens is 2. The molecule has 0 aliphatic carbocycles. The Balaban J connectivity index is 1.87. The lowest BCUT2D eigenvalue weighted by molar-refractivity contribution is -0.136. The first-order chi connectivity index (χ1) is 9.69. The molecule has 1 aliphatic rings. The van der Waals surface area contributed by atoms with Gasteiger partial charge in [0.25, 0.3) is 0 Å². The van der Waals surface area contributed by atoms with E-state index in [0.29, 0.717) is 24.2 Å². The van der Waals surface area contributed by atoms with Crippen LogP contribution in [0.15, 0.2) is 12.4 Å². The maximum Gasteiger partial charge on any atom is 0.317 e. The highest BCUT2D eigenvalue weighted by Crippen LogP contribution is 2.20. The Hall–Kier alpha value is -1.89. The van der Waals surface area contributed by atoms with Crippen molar-refractivity contribution in [1.29, 1.82) is 0 Å². The summed E-state index contributed by atoms with van der Waals surface area (Å²) in [7, 11) is 1.59. The molecule has 0 radical (unpaired) electrons. The maximum absolute atomic E-state index is 10.5. The zero-order chi connectivity index (χ0) is 14.4. The fraction of sp³-hybridized carbons (Fsp3) is 0.615. The molecule has 1 aromatic heterocycles. The first-order valence-corrected chi connectivity index (χ1v) is 6.72. The molecule has 2 N–H and O–H groups in total. The van der Waals surface area contributed by atoms with Gasteiger partial charge in [0.05, 0.1) is 26.0 Å². The summed E-state index contributed by atoms with van der Waals surface area (Å²) in [6, 6.07) is 0. The van der Waals surface area contributed by atoms with Crippen molar-refractivity contribution in [1.82, 2.24) is 15.3 Å². The number of anilines is 1. The van der Waals surface area contributed by atoms with E-state index in [4.69, 9.17) is 9.84 Å². The van der Waals surface area contributed by atoms with E-state index >= 15 is 0 Å². The number of carboxylic acid groups (broad SMARTS) is 1. The van der Waals surface area contributed by atoms with Crippen LogP contribution in [0.1, 0.15) is 12.8 Å². The summed E-state index contributed by atoms with van der Waals surface area (Å²) in [5, 5.41) is 11.6. The minimum Gasteiger partial charge on any atom is -0.494 e. The van der Waals surface area contributed by atoms with Gasteiger partial charge in [-0.3, -0.25) is 4.79 Å². The molecule has 1 fully saturated rings. The third-order valence-corrected chi connectivity index (χ3v) is 3.36. The smallest absolute Gasteiger partial charge is 0.317 e. The highest BCUT2D eigenvalue weighted by Gasteiger charge is 2.21. The molecule has 0 amide bonds. The molecule has 7 heteroatoms. The van der Waals surface area contributed by atoms with Gasteiger partial charge in [0.1, 0.15) is 0 Å². The van der Waals surface area contributed by atoms with E-state index in [2.05, 4.69) is 20.2 Å². The molecule has 20 heavy (non-hydrogen) atoms. The number of carbonyl (C=O) groups is 1. The topological polar surface area (TPSA) is 87.6 Å². The molecule has 0 aromatic carbocycles. The third-order valence-electron chi connectivity index (χ3n) is 3.36. The summed E-state index contributed by atoms with van der Waals surface area (Å²) >= 11 is 0. The number of rotatable bonds is 6. The molecule has 7 nitrogen and oxygen atoms in total. The lowest BCUT2D eigenvalue weighted by atomic mass is 9.98. The zero-order valence-electron chi connectivity index (χ0n) is 11.6. The van der Waals surface area contributed by atoms with Gasteiger partial charge < -0.3 is 20.1 Å². The third kappa shape index (κ3) is 4.06. The highest BCUT2D eigenvalue weighted by atomic mass is 16.5. The van der Waals surface area contributed by atoms with E-state index in [1.54, 1.807) is 19.5 Å². The fourth-order valence-corrected chi connectivity index (χ4v) is 2.37. The van der Waals surface area contributed by atoms with Crippen molar-refractivity contribution in [2.75, 3.05) is 38.2 Å². The molecule has 1 aromatic rings. The first-order valence-electron chi connectivity index (χ1n) is 6.72. The summed E-state index contributed by atoms with van der Waals surface area (Å²) in [4.78, 5) is 21.2. The Morgan fingerprint density at radius 3 is 2.95 bits per heavy atom. The van der Waals surface area contributed by atoms with Crippen LogP contribution in [0.5, 0.6) is 5.75 Å². The molecular weight excluding hydrogens is 260 g/mol. The number of piperidine rings is 1. The fourth-order valence-electron chi connectivity index (χ4n) is 2.37. The van der Waals surface area contributed by atoms with Gasteiger partial charge in [0, 0.05) is 19.6 Å². The molecule has 110 valence electrons. The van der Waals surface area contributed by atoms with Crippen LogP contribution in [0.2, 0.25) is 0 Å². The largest absolute Gasteiger partial charge is 0.494 e. The Morgan fingerprint density at radius 1 is 1.55 bits per heavy atom. The molecule has 0 saturated carbocycles. The lowest BCUT2D eigenvalue weighted by Gasteiger charge is -2.32. The van der Waals surface area contributed by atoms with Crippen molar-refractivity contribution in [3.8, 4) is 5.75 Å². The summed E-state index contributed by atoms with van der Waals surface area (Å²) in [6.07, 6.45) is 5.48. The van der Waals surface area contributed by atoms with E-state index in [0.717, 1.165) is 25.9 Å². The number of hydrogen-bond acceptors (Lipinski definition) is 6. The van der Waals surface area contributed by atoms with Gasteiger partial charge in [-0.1, -0.05) is 0 Å². The second kappa shape index (κ2) is 7.04.